The van der Waals surface area contributed by atoms with E-state index in [-0.39, 0.29) is 0 Å². The van der Waals surface area contributed by atoms with E-state index in [1.807, 2.05) is 55.1 Å². The average Bonchev–Trinajstić information content (AvgIpc) is 2.29. The van der Waals surface area contributed by atoms with Gasteiger partial charge in [-0.3, -0.25) is 0 Å². The van der Waals surface area contributed by atoms with Crippen LogP contribution in [0.5, 0.6) is 0 Å². The predicted octanol–water partition coefficient (Wildman–Crippen LogP) is 3.31. The van der Waals surface area contributed by atoms with E-state index in [4.69, 9.17) is 0 Å². The van der Waals surface area contributed by atoms with Crippen molar-refractivity contribution in [3.8, 4) is 0 Å². The monoisotopic (exact) mass is 182 g/mol. The Balaban J connectivity index is 1.96. The molecule has 0 aliphatic carbocycles. The zero-order chi connectivity index (χ0) is 9.64. The Morgan fingerprint density at radius 3 is 1.93 bits per heavy atom. The van der Waals surface area contributed by atoms with Crippen LogP contribution in [0.15, 0.2) is 60.7 Å². The van der Waals surface area contributed by atoms with Crippen molar-refractivity contribution in [2.24, 2.45) is 0 Å². The molecule has 0 saturated carbocycles. The molecule has 2 rings (SSSR count). The molecule has 1 N–H and O–H groups in total. The van der Waals surface area contributed by atoms with Crippen molar-refractivity contribution in [3.05, 3.63) is 72.8 Å². The summed E-state index contributed by atoms with van der Waals surface area (Å²) in [7, 11) is 0. The van der Waals surface area contributed by atoms with Crippen LogP contribution >= 0.6 is 0 Å². The molecule has 0 heterocycles. The first kappa shape index (κ1) is 8.82. The highest BCUT2D eigenvalue weighted by Crippen LogP contribution is 2.08. The molecule has 1 nitrogen and oxygen atoms in total. The quantitative estimate of drug-likeness (QED) is 0.767. The van der Waals surface area contributed by atoms with E-state index in [1.165, 1.54) is 5.56 Å². The van der Waals surface area contributed by atoms with Crippen molar-refractivity contribution in [1.29, 1.82) is 0 Å². The van der Waals surface area contributed by atoms with Gasteiger partial charge in [0.2, 0.25) is 0 Å². The largest absolute Gasteiger partial charge is 0.376 e. The number of hydrogen-bond donors (Lipinski definition) is 1. The molecule has 1 radical (unpaired) electrons. The molecule has 0 atom stereocenters. The molecule has 0 aliphatic heterocycles. The second-order valence-electron chi connectivity index (χ2n) is 3.07. The first-order valence-electron chi connectivity index (χ1n) is 4.65. The van der Waals surface area contributed by atoms with Gasteiger partial charge in [0, 0.05) is 5.69 Å². The van der Waals surface area contributed by atoms with Crippen LogP contribution < -0.4 is 5.32 Å². The fraction of sp³-hybridized carbons (Fsp3) is 0. The third-order valence-corrected chi connectivity index (χ3v) is 1.98. The summed E-state index contributed by atoms with van der Waals surface area (Å²) < 4.78 is 0. The van der Waals surface area contributed by atoms with Gasteiger partial charge in [-0.25, -0.2) is 0 Å². The van der Waals surface area contributed by atoms with Gasteiger partial charge in [-0.1, -0.05) is 48.5 Å². The lowest BCUT2D eigenvalue weighted by Crippen LogP contribution is -1.95. The van der Waals surface area contributed by atoms with Crippen molar-refractivity contribution in [3.63, 3.8) is 0 Å². The zero-order valence-corrected chi connectivity index (χ0v) is 7.85. The van der Waals surface area contributed by atoms with Crippen LogP contribution in [0.25, 0.3) is 0 Å². The average molecular weight is 182 g/mol. The number of nitrogens with one attached hydrogen (secondary N) is 1. The Kier molecular flexibility index (Phi) is 2.82. The number of rotatable bonds is 3. The van der Waals surface area contributed by atoms with Crippen LogP contribution in [0, 0.1) is 6.54 Å². The summed E-state index contributed by atoms with van der Waals surface area (Å²) in [5.74, 6) is 0. The molecule has 0 bridgehead atoms. The topological polar surface area (TPSA) is 12.0 Å². The van der Waals surface area contributed by atoms with Crippen LogP contribution in [-0.2, 0) is 0 Å². The molecule has 0 amide bonds. The minimum absolute atomic E-state index is 1.11. The van der Waals surface area contributed by atoms with Crippen molar-refractivity contribution in [1.82, 2.24) is 0 Å². The summed E-state index contributed by atoms with van der Waals surface area (Å²) in [6.07, 6.45) is 0. The third-order valence-electron chi connectivity index (χ3n) is 1.98. The molecule has 0 spiro atoms. The Bertz CT molecular complexity index is 327. The molecular weight excluding hydrogens is 170 g/mol. The van der Waals surface area contributed by atoms with Crippen molar-refractivity contribution >= 4 is 5.69 Å². The zero-order valence-electron chi connectivity index (χ0n) is 7.85. The van der Waals surface area contributed by atoms with Gasteiger partial charge >= 0.3 is 0 Å². The SMILES string of the molecule is [CH](Nc1ccccc1)c1ccccc1. The van der Waals surface area contributed by atoms with Crippen LogP contribution in [0.2, 0.25) is 0 Å². The Labute approximate surface area is 84.4 Å². The second-order valence-corrected chi connectivity index (χ2v) is 3.07. The molecule has 14 heavy (non-hydrogen) atoms. The predicted molar refractivity (Wildman–Crippen MR) is 59.9 cm³/mol. The molecule has 0 aromatic heterocycles. The lowest BCUT2D eigenvalue weighted by atomic mass is 10.2. The van der Waals surface area contributed by atoms with Crippen LogP contribution in [0.4, 0.5) is 5.69 Å². The first-order chi connectivity index (χ1) is 6.95. The number of hydrogen-bond acceptors (Lipinski definition) is 1. The van der Waals surface area contributed by atoms with E-state index in [2.05, 4.69) is 17.4 Å². The molecule has 1 heteroatoms. The van der Waals surface area contributed by atoms with E-state index in [0.29, 0.717) is 0 Å². The minimum Gasteiger partial charge on any atom is -0.376 e. The van der Waals surface area contributed by atoms with Crippen LogP contribution in [0.3, 0.4) is 0 Å². The highest BCUT2D eigenvalue weighted by molar-refractivity contribution is 5.46. The van der Waals surface area contributed by atoms with Crippen molar-refractivity contribution in [2.75, 3.05) is 5.32 Å². The second kappa shape index (κ2) is 4.47. The van der Waals surface area contributed by atoms with Crippen LogP contribution in [-0.4, -0.2) is 0 Å². The normalized spacial score (nSPS) is 9.71. The Morgan fingerprint density at radius 2 is 1.29 bits per heavy atom. The van der Waals surface area contributed by atoms with Gasteiger partial charge in [-0.2, -0.15) is 0 Å². The van der Waals surface area contributed by atoms with Gasteiger partial charge in [0.1, 0.15) is 0 Å². The van der Waals surface area contributed by atoms with E-state index in [0.717, 1.165) is 5.69 Å². The summed E-state index contributed by atoms with van der Waals surface area (Å²) in [5.41, 5.74) is 2.28. The summed E-state index contributed by atoms with van der Waals surface area (Å²) in [6.45, 7) is 2.00. The molecular formula is C13H12N. The van der Waals surface area contributed by atoms with E-state index >= 15 is 0 Å². The lowest BCUT2D eigenvalue weighted by molar-refractivity contribution is 1.40. The standard InChI is InChI=1S/C13H12N/c1-3-7-12(8-4-1)11-14-13-9-5-2-6-10-13/h1-11,14H. The Hall–Kier alpha value is -1.76. The third kappa shape index (κ3) is 2.36. The summed E-state index contributed by atoms with van der Waals surface area (Å²) in [4.78, 5) is 0. The van der Waals surface area contributed by atoms with E-state index in [9.17, 15) is 0 Å². The molecule has 0 saturated heterocycles. The van der Waals surface area contributed by atoms with Gasteiger partial charge in [-0.15, -0.1) is 0 Å². The van der Waals surface area contributed by atoms with Gasteiger partial charge in [0.05, 0.1) is 6.54 Å². The molecule has 0 aliphatic rings. The maximum Gasteiger partial charge on any atom is 0.0757 e. The maximum absolute atomic E-state index is 3.24. The van der Waals surface area contributed by atoms with Gasteiger partial charge < -0.3 is 5.32 Å². The fourth-order valence-electron chi connectivity index (χ4n) is 1.25. The first-order valence-corrected chi connectivity index (χ1v) is 4.65. The smallest absolute Gasteiger partial charge is 0.0757 e. The summed E-state index contributed by atoms with van der Waals surface area (Å²) in [5, 5.41) is 3.24. The number of benzene rings is 2. The van der Waals surface area contributed by atoms with Crippen molar-refractivity contribution < 1.29 is 0 Å². The lowest BCUT2D eigenvalue weighted by Gasteiger charge is -2.04. The van der Waals surface area contributed by atoms with Gasteiger partial charge in [0.25, 0.3) is 0 Å². The fourth-order valence-corrected chi connectivity index (χ4v) is 1.25. The molecule has 2 aromatic carbocycles. The summed E-state index contributed by atoms with van der Waals surface area (Å²) in [6, 6.07) is 20.3. The molecule has 2 aromatic rings. The van der Waals surface area contributed by atoms with E-state index in [1.54, 1.807) is 0 Å². The Morgan fingerprint density at radius 1 is 0.714 bits per heavy atom. The molecule has 69 valence electrons. The minimum atomic E-state index is 1.11. The highest BCUT2D eigenvalue weighted by Gasteiger charge is 1.91. The maximum atomic E-state index is 3.24. The van der Waals surface area contributed by atoms with Crippen LogP contribution in [0.1, 0.15) is 5.56 Å². The highest BCUT2D eigenvalue weighted by atomic mass is 14.9. The van der Waals surface area contributed by atoms with Gasteiger partial charge in [0.15, 0.2) is 0 Å². The van der Waals surface area contributed by atoms with E-state index < -0.39 is 0 Å². The molecule has 0 fully saturated rings. The number of para-hydroxylation sites is 1. The summed E-state index contributed by atoms with van der Waals surface area (Å²) >= 11 is 0. The van der Waals surface area contributed by atoms with Crippen molar-refractivity contribution in [2.45, 2.75) is 0 Å². The van der Waals surface area contributed by atoms with Gasteiger partial charge in [-0.05, 0) is 17.7 Å². The molecule has 0 unspecified atom stereocenters. The number of anilines is 1.